The van der Waals surface area contributed by atoms with E-state index in [9.17, 15) is 9.59 Å². The average molecular weight is 252 g/mol. The van der Waals surface area contributed by atoms with Crippen LogP contribution in [0.5, 0.6) is 0 Å². The highest BCUT2D eigenvalue weighted by Crippen LogP contribution is 2.31. The fourth-order valence-corrected chi connectivity index (χ4v) is 2.63. The Morgan fingerprint density at radius 1 is 1.33 bits per heavy atom. The van der Waals surface area contributed by atoms with E-state index in [2.05, 4.69) is 20.8 Å². The van der Waals surface area contributed by atoms with Gasteiger partial charge < -0.3 is 5.11 Å². The maximum Gasteiger partial charge on any atom is 0.331 e. The third-order valence-electron chi connectivity index (χ3n) is 3.72. The smallest absolute Gasteiger partial charge is 0.331 e. The Labute approximate surface area is 109 Å². The van der Waals surface area contributed by atoms with Crippen molar-refractivity contribution in [3.05, 3.63) is 11.6 Å². The molecule has 0 aromatic heterocycles. The number of hydrogen-bond acceptors (Lipinski definition) is 2. The van der Waals surface area contributed by atoms with Gasteiger partial charge >= 0.3 is 5.97 Å². The van der Waals surface area contributed by atoms with Crippen LogP contribution >= 0.6 is 0 Å². The van der Waals surface area contributed by atoms with E-state index in [4.69, 9.17) is 5.11 Å². The lowest BCUT2D eigenvalue weighted by Gasteiger charge is -2.26. The van der Waals surface area contributed by atoms with Crippen molar-refractivity contribution in [2.45, 2.75) is 52.9 Å². The van der Waals surface area contributed by atoms with Gasteiger partial charge in [0.25, 0.3) is 0 Å². The molecule has 1 N–H and O–H groups in total. The molecule has 0 spiro atoms. The Morgan fingerprint density at radius 3 is 2.44 bits per heavy atom. The first kappa shape index (κ1) is 14.9. The lowest BCUT2D eigenvalue weighted by molar-refractivity contribution is -0.133. The Hall–Kier alpha value is -1.12. The number of carbonyl (C=O) groups is 2. The molecular weight excluding hydrogens is 228 g/mol. The van der Waals surface area contributed by atoms with Gasteiger partial charge in [0.2, 0.25) is 0 Å². The van der Waals surface area contributed by atoms with Crippen LogP contribution in [0.4, 0.5) is 0 Å². The number of hydrogen-bond donors (Lipinski definition) is 1. The number of allylic oxidation sites excluding steroid dienone is 1. The van der Waals surface area contributed by atoms with Gasteiger partial charge in [-0.1, -0.05) is 26.8 Å². The van der Waals surface area contributed by atoms with E-state index in [-0.39, 0.29) is 0 Å². The zero-order chi connectivity index (χ0) is 13.7. The maximum absolute atomic E-state index is 11.8. The first-order valence-electron chi connectivity index (χ1n) is 6.84. The van der Waals surface area contributed by atoms with Crippen LogP contribution in [0.1, 0.15) is 52.9 Å². The molecule has 0 heterocycles. The summed E-state index contributed by atoms with van der Waals surface area (Å²) in [5.41, 5.74) is 0.534. The summed E-state index contributed by atoms with van der Waals surface area (Å²) in [6.07, 6.45) is 5.47. The predicted octanol–water partition coefficient (Wildman–Crippen LogP) is 3.44. The van der Waals surface area contributed by atoms with E-state index in [1.54, 1.807) is 0 Å². The van der Waals surface area contributed by atoms with Crippen molar-refractivity contribution in [1.82, 2.24) is 0 Å². The zero-order valence-corrected chi connectivity index (χ0v) is 11.6. The van der Waals surface area contributed by atoms with Gasteiger partial charge in [-0.15, -0.1) is 0 Å². The minimum atomic E-state index is -0.794. The average Bonchev–Trinajstić information content (AvgIpc) is 2.27. The number of Topliss-reactive ketones (excluding diaryl/α,β-unsaturated/α-hetero) is 1. The third-order valence-corrected chi connectivity index (χ3v) is 3.72. The second-order valence-corrected chi connectivity index (χ2v) is 5.89. The molecule has 0 bridgehead atoms. The van der Waals surface area contributed by atoms with E-state index < -0.39 is 5.97 Å². The van der Waals surface area contributed by atoms with Gasteiger partial charge in [0, 0.05) is 18.4 Å². The van der Waals surface area contributed by atoms with E-state index >= 15 is 0 Å². The summed E-state index contributed by atoms with van der Waals surface area (Å²) < 4.78 is 0. The lowest BCUT2D eigenvalue weighted by atomic mass is 9.79. The highest BCUT2D eigenvalue weighted by atomic mass is 16.4. The largest absolute Gasteiger partial charge is 0.478 e. The Balaban J connectivity index is 2.43. The van der Waals surface area contributed by atoms with Gasteiger partial charge in [0.1, 0.15) is 5.78 Å². The molecule has 2 atom stereocenters. The van der Waals surface area contributed by atoms with E-state index in [1.165, 1.54) is 0 Å². The van der Waals surface area contributed by atoms with Gasteiger partial charge in [0.15, 0.2) is 0 Å². The number of rotatable bonds is 6. The van der Waals surface area contributed by atoms with Crippen molar-refractivity contribution < 1.29 is 14.7 Å². The van der Waals surface area contributed by atoms with Crippen LogP contribution in [0.3, 0.4) is 0 Å². The Kier molecular flexibility index (Phi) is 5.57. The van der Waals surface area contributed by atoms with Gasteiger partial charge in [-0.25, -0.2) is 4.79 Å². The second kappa shape index (κ2) is 6.72. The van der Waals surface area contributed by atoms with Crippen LogP contribution in [-0.4, -0.2) is 16.9 Å². The summed E-state index contributed by atoms with van der Waals surface area (Å²) in [5.74, 6) is 0.795. The molecule has 3 heteroatoms. The van der Waals surface area contributed by atoms with Crippen molar-refractivity contribution in [1.29, 1.82) is 0 Å². The lowest BCUT2D eigenvalue weighted by Crippen LogP contribution is -2.20. The van der Waals surface area contributed by atoms with Gasteiger partial charge in [-0.05, 0) is 37.0 Å². The fraction of sp³-hybridized carbons (Fsp3) is 0.733. The molecule has 0 amide bonds. The minimum absolute atomic E-state index is 0.338. The molecule has 2 unspecified atom stereocenters. The minimum Gasteiger partial charge on any atom is -0.478 e. The molecule has 1 aliphatic rings. The monoisotopic (exact) mass is 252 g/mol. The number of ketones is 1. The molecule has 18 heavy (non-hydrogen) atoms. The Morgan fingerprint density at radius 2 is 2.00 bits per heavy atom. The highest BCUT2D eigenvalue weighted by Gasteiger charge is 2.24. The number of carboxylic acids is 1. The molecule has 1 rings (SSSR count). The quantitative estimate of drug-likeness (QED) is 0.787. The summed E-state index contributed by atoms with van der Waals surface area (Å²) >= 11 is 0. The zero-order valence-electron chi connectivity index (χ0n) is 11.6. The summed E-state index contributed by atoms with van der Waals surface area (Å²) in [6.45, 7) is 6.23. The molecule has 0 saturated carbocycles. The molecule has 0 radical (unpaired) electrons. The summed E-state index contributed by atoms with van der Waals surface area (Å²) in [7, 11) is 0. The molecule has 3 nitrogen and oxygen atoms in total. The molecule has 0 aromatic carbocycles. The molecule has 102 valence electrons. The van der Waals surface area contributed by atoms with Crippen molar-refractivity contribution in [2.24, 2.45) is 17.8 Å². The first-order chi connectivity index (χ1) is 8.40. The molecule has 0 fully saturated rings. The van der Waals surface area contributed by atoms with Crippen LogP contribution in [-0.2, 0) is 9.59 Å². The van der Waals surface area contributed by atoms with Crippen LogP contribution < -0.4 is 0 Å². The summed E-state index contributed by atoms with van der Waals surface area (Å²) in [5, 5.41) is 8.89. The van der Waals surface area contributed by atoms with Crippen LogP contribution in [0.25, 0.3) is 0 Å². The van der Waals surface area contributed by atoms with Crippen LogP contribution in [0.15, 0.2) is 11.6 Å². The fourth-order valence-electron chi connectivity index (χ4n) is 2.63. The number of aliphatic carboxylic acids is 1. The standard InChI is InChI=1S/C15H24O3/c1-10(2)8-14(16)9-11(3)12-4-6-13(7-5-12)15(17)18/h6,10-12H,4-5,7-9H2,1-3H3,(H,17,18). The van der Waals surface area contributed by atoms with E-state index in [1.807, 2.05) is 6.08 Å². The second-order valence-electron chi connectivity index (χ2n) is 5.89. The molecule has 1 aliphatic carbocycles. The van der Waals surface area contributed by atoms with Gasteiger partial charge in [0.05, 0.1) is 0 Å². The van der Waals surface area contributed by atoms with E-state index in [0.717, 1.165) is 12.8 Å². The summed E-state index contributed by atoms with van der Waals surface area (Å²) in [6, 6.07) is 0. The highest BCUT2D eigenvalue weighted by molar-refractivity contribution is 5.86. The van der Waals surface area contributed by atoms with Crippen LogP contribution in [0.2, 0.25) is 0 Å². The Bertz CT molecular complexity index is 342. The number of carbonyl (C=O) groups excluding carboxylic acids is 1. The van der Waals surface area contributed by atoms with Crippen LogP contribution in [0, 0.1) is 17.8 Å². The van der Waals surface area contributed by atoms with Gasteiger partial charge in [-0.3, -0.25) is 4.79 Å². The van der Waals surface area contributed by atoms with Gasteiger partial charge in [-0.2, -0.15) is 0 Å². The van der Waals surface area contributed by atoms with E-state index in [0.29, 0.717) is 48.4 Å². The topological polar surface area (TPSA) is 54.4 Å². The van der Waals surface area contributed by atoms with Crippen molar-refractivity contribution >= 4 is 11.8 Å². The summed E-state index contributed by atoms with van der Waals surface area (Å²) in [4.78, 5) is 22.6. The maximum atomic E-state index is 11.8. The molecular formula is C15H24O3. The SMILES string of the molecule is CC(C)CC(=O)CC(C)C1CC=C(C(=O)O)CC1. The first-order valence-corrected chi connectivity index (χ1v) is 6.84. The van der Waals surface area contributed by atoms with Crippen molar-refractivity contribution in [3.63, 3.8) is 0 Å². The third kappa shape index (κ3) is 4.63. The number of carboxylic acid groups (broad SMARTS) is 1. The molecule has 0 saturated heterocycles. The predicted molar refractivity (Wildman–Crippen MR) is 71.3 cm³/mol. The van der Waals surface area contributed by atoms with Crippen molar-refractivity contribution in [2.75, 3.05) is 0 Å². The molecule has 0 aliphatic heterocycles. The molecule has 0 aromatic rings. The van der Waals surface area contributed by atoms with Crippen molar-refractivity contribution in [3.8, 4) is 0 Å². The normalized spacial score (nSPS) is 21.6.